The Morgan fingerprint density at radius 1 is 0.688 bits per heavy atom. The van der Waals surface area contributed by atoms with Crippen LogP contribution in [0, 0.1) is 29.1 Å². The summed E-state index contributed by atoms with van der Waals surface area (Å²) in [5.74, 6) is -3.76. The summed E-state index contributed by atoms with van der Waals surface area (Å²) in [5.41, 5.74) is 1.04. The molecule has 6 heteroatoms. The molecule has 0 aromatic heterocycles. The van der Waals surface area contributed by atoms with Crippen LogP contribution in [0.1, 0.15) is 18.1 Å². The molecule has 164 valence electrons. The second-order valence-electron chi connectivity index (χ2n) is 7.42. The van der Waals surface area contributed by atoms with E-state index in [4.69, 9.17) is 4.74 Å². The lowest BCUT2D eigenvalue weighted by atomic mass is 9.96. The molecule has 0 heterocycles. The van der Waals surface area contributed by atoms with E-state index in [1.54, 1.807) is 19.1 Å². The molecule has 4 rings (SSSR count). The number of rotatable bonds is 6. The smallest absolute Gasteiger partial charge is 0.159 e. The minimum atomic E-state index is -0.942. The first-order chi connectivity index (χ1) is 15.4. The van der Waals surface area contributed by atoms with Crippen LogP contribution in [0.4, 0.5) is 22.0 Å². The second-order valence-corrected chi connectivity index (χ2v) is 7.42. The molecule has 4 aromatic rings. The van der Waals surface area contributed by atoms with E-state index in [-0.39, 0.29) is 29.9 Å². The van der Waals surface area contributed by atoms with Gasteiger partial charge in [-0.05, 0) is 60.0 Å². The van der Waals surface area contributed by atoms with Crippen LogP contribution < -0.4 is 4.74 Å². The molecule has 0 aliphatic rings. The van der Waals surface area contributed by atoms with Crippen molar-refractivity contribution in [3.05, 3.63) is 101 Å². The van der Waals surface area contributed by atoms with E-state index in [0.29, 0.717) is 28.3 Å². The zero-order chi connectivity index (χ0) is 22.8. The van der Waals surface area contributed by atoms with Gasteiger partial charge in [0.25, 0.3) is 0 Å². The van der Waals surface area contributed by atoms with E-state index in [1.807, 2.05) is 0 Å². The molecule has 32 heavy (non-hydrogen) atoms. The van der Waals surface area contributed by atoms with Crippen molar-refractivity contribution >= 4 is 10.8 Å². The topological polar surface area (TPSA) is 9.23 Å². The summed E-state index contributed by atoms with van der Waals surface area (Å²) in [7, 11) is 0. The molecule has 1 nitrogen and oxygen atoms in total. The van der Waals surface area contributed by atoms with E-state index >= 15 is 4.39 Å². The summed E-state index contributed by atoms with van der Waals surface area (Å²) in [5, 5.41) is 0.799. The van der Waals surface area contributed by atoms with Crippen molar-refractivity contribution in [1.82, 2.24) is 0 Å². The largest absolute Gasteiger partial charge is 0.494 e. The maximum atomic E-state index is 15.0. The van der Waals surface area contributed by atoms with Crippen LogP contribution in [0.2, 0.25) is 0 Å². The number of hydrogen-bond donors (Lipinski definition) is 0. The van der Waals surface area contributed by atoms with Gasteiger partial charge in [0.15, 0.2) is 11.6 Å². The molecular formula is C26H19F5O. The summed E-state index contributed by atoms with van der Waals surface area (Å²) in [4.78, 5) is 0. The minimum Gasteiger partial charge on any atom is -0.494 e. The first-order valence-corrected chi connectivity index (χ1v) is 10.1. The Morgan fingerprint density at radius 2 is 1.44 bits per heavy atom. The molecule has 0 spiro atoms. The van der Waals surface area contributed by atoms with Crippen molar-refractivity contribution in [2.75, 3.05) is 6.61 Å². The highest BCUT2D eigenvalue weighted by molar-refractivity contribution is 5.88. The summed E-state index contributed by atoms with van der Waals surface area (Å²) in [6, 6.07) is 13.6. The van der Waals surface area contributed by atoms with E-state index in [1.165, 1.54) is 24.3 Å². The number of halogens is 5. The fourth-order valence-electron chi connectivity index (χ4n) is 3.74. The van der Waals surface area contributed by atoms with Gasteiger partial charge in [0.2, 0.25) is 0 Å². The van der Waals surface area contributed by atoms with Crippen LogP contribution in [0.15, 0.2) is 60.7 Å². The molecular weight excluding hydrogens is 423 g/mol. The van der Waals surface area contributed by atoms with Crippen molar-refractivity contribution < 1.29 is 26.7 Å². The zero-order valence-electron chi connectivity index (χ0n) is 17.2. The van der Waals surface area contributed by atoms with Gasteiger partial charge in [0.1, 0.15) is 23.2 Å². The quantitative estimate of drug-likeness (QED) is 0.283. The van der Waals surface area contributed by atoms with E-state index in [2.05, 4.69) is 0 Å². The van der Waals surface area contributed by atoms with E-state index in [0.717, 1.165) is 24.3 Å². The van der Waals surface area contributed by atoms with Gasteiger partial charge in [-0.1, -0.05) is 30.3 Å². The van der Waals surface area contributed by atoms with E-state index in [9.17, 15) is 17.6 Å². The average Bonchev–Trinajstić information content (AvgIpc) is 2.75. The second kappa shape index (κ2) is 8.99. The molecule has 0 fully saturated rings. The zero-order valence-corrected chi connectivity index (χ0v) is 17.2. The lowest BCUT2D eigenvalue weighted by molar-refractivity contribution is 0.336. The Morgan fingerprint density at radius 3 is 2.12 bits per heavy atom. The van der Waals surface area contributed by atoms with Gasteiger partial charge >= 0.3 is 0 Å². The predicted molar refractivity (Wildman–Crippen MR) is 114 cm³/mol. The molecule has 0 N–H and O–H groups in total. The Balaban J connectivity index is 1.63. The Bertz CT molecular complexity index is 1280. The van der Waals surface area contributed by atoms with Crippen LogP contribution in [0.5, 0.6) is 5.75 Å². The third-order valence-corrected chi connectivity index (χ3v) is 5.32. The van der Waals surface area contributed by atoms with Crippen LogP contribution in [0.25, 0.3) is 21.9 Å². The van der Waals surface area contributed by atoms with Crippen molar-refractivity contribution in [3.8, 4) is 16.9 Å². The summed E-state index contributed by atoms with van der Waals surface area (Å²) < 4.78 is 75.7. The SMILES string of the molecule is CCOc1cc(F)c(-c2ccc3c(F)c(CCc4ccc(F)c(F)c4)ccc3c2)c(F)c1. The van der Waals surface area contributed by atoms with Gasteiger partial charge in [0, 0.05) is 17.5 Å². The molecule has 0 saturated carbocycles. The molecule has 0 radical (unpaired) electrons. The van der Waals surface area contributed by atoms with Gasteiger partial charge in [-0.25, -0.2) is 22.0 Å². The summed E-state index contributed by atoms with van der Waals surface area (Å²) in [6.07, 6.45) is 0.622. The van der Waals surface area contributed by atoms with Crippen LogP contribution in [-0.4, -0.2) is 6.61 Å². The van der Waals surface area contributed by atoms with Gasteiger partial charge in [0.05, 0.1) is 12.2 Å². The fraction of sp³-hybridized carbons (Fsp3) is 0.154. The molecule has 0 atom stereocenters. The minimum absolute atomic E-state index is 0.101. The third-order valence-electron chi connectivity index (χ3n) is 5.32. The van der Waals surface area contributed by atoms with Gasteiger partial charge < -0.3 is 4.74 Å². The van der Waals surface area contributed by atoms with Crippen molar-refractivity contribution in [2.45, 2.75) is 19.8 Å². The highest BCUT2D eigenvalue weighted by atomic mass is 19.2. The molecule has 0 amide bonds. The van der Waals surface area contributed by atoms with Gasteiger partial charge in [-0.15, -0.1) is 0 Å². The monoisotopic (exact) mass is 442 g/mol. The third kappa shape index (κ3) is 4.31. The molecule has 0 bridgehead atoms. The standard InChI is InChI=1S/C26H19F5O/c1-2-32-19-13-23(29)25(24(30)14-19)18-8-9-20-17(12-18)7-6-16(26(20)31)5-3-15-4-10-21(27)22(28)11-15/h4,6-14H,2-3,5H2,1H3. The van der Waals surface area contributed by atoms with Crippen LogP contribution in [-0.2, 0) is 12.8 Å². The number of ether oxygens (including phenoxy) is 1. The highest BCUT2D eigenvalue weighted by Gasteiger charge is 2.16. The lowest BCUT2D eigenvalue weighted by Crippen LogP contribution is -1.98. The number of aryl methyl sites for hydroxylation is 2. The molecule has 0 unspecified atom stereocenters. The Kier molecular flexibility index (Phi) is 6.12. The predicted octanol–water partition coefficient (Wildman–Crippen LogP) is 7.39. The lowest BCUT2D eigenvalue weighted by Gasteiger charge is -2.11. The number of hydrogen-bond acceptors (Lipinski definition) is 1. The number of benzene rings is 4. The van der Waals surface area contributed by atoms with Gasteiger partial charge in [-0.2, -0.15) is 0 Å². The molecule has 0 aliphatic carbocycles. The normalized spacial score (nSPS) is 11.2. The first kappa shape index (κ1) is 21.8. The Hall–Kier alpha value is -3.41. The van der Waals surface area contributed by atoms with Crippen molar-refractivity contribution in [2.24, 2.45) is 0 Å². The molecule has 4 aromatic carbocycles. The summed E-state index contributed by atoms with van der Waals surface area (Å²) in [6.45, 7) is 2.00. The van der Waals surface area contributed by atoms with Crippen molar-refractivity contribution in [1.29, 1.82) is 0 Å². The maximum absolute atomic E-state index is 15.0. The van der Waals surface area contributed by atoms with E-state index < -0.39 is 29.1 Å². The highest BCUT2D eigenvalue weighted by Crippen LogP contribution is 2.33. The first-order valence-electron chi connectivity index (χ1n) is 10.1. The molecule has 0 aliphatic heterocycles. The number of fused-ring (bicyclic) bond motifs is 1. The summed E-state index contributed by atoms with van der Waals surface area (Å²) >= 11 is 0. The average molecular weight is 442 g/mol. The van der Waals surface area contributed by atoms with Gasteiger partial charge in [-0.3, -0.25) is 0 Å². The van der Waals surface area contributed by atoms with Crippen LogP contribution >= 0.6 is 0 Å². The maximum Gasteiger partial charge on any atom is 0.159 e. The fourth-order valence-corrected chi connectivity index (χ4v) is 3.74. The molecule has 0 saturated heterocycles. The Labute approximate surface area is 182 Å². The van der Waals surface area contributed by atoms with Crippen molar-refractivity contribution in [3.63, 3.8) is 0 Å². The van der Waals surface area contributed by atoms with Crippen LogP contribution in [0.3, 0.4) is 0 Å².